The second kappa shape index (κ2) is 8.80. The molecule has 26 heavy (non-hydrogen) atoms. The fraction of sp³-hybridized carbons (Fsp3) is 0.278. The van der Waals surface area contributed by atoms with Crippen LogP contribution >= 0.6 is 12.4 Å². The highest BCUT2D eigenvalue weighted by Crippen LogP contribution is 2.34. The van der Waals surface area contributed by atoms with Crippen LogP contribution in [-0.2, 0) is 12.7 Å². The molecule has 0 aliphatic rings. The number of carbonyl (C=O) groups excluding carboxylic acids is 1. The van der Waals surface area contributed by atoms with Crippen LogP contribution in [0.1, 0.15) is 35.3 Å². The second-order valence-corrected chi connectivity index (χ2v) is 5.79. The zero-order valence-corrected chi connectivity index (χ0v) is 15.1. The Labute approximate surface area is 155 Å². The number of amides is 1. The summed E-state index contributed by atoms with van der Waals surface area (Å²) in [6.07, 6.45) is -4.79. The third kappa shape index (κ3) is 5.84. The summed E-state index contributed by atoms with van der Waals surface area (Å²) >= 11 is 0. The fourth-order valence-electron chi connectivity index (χ4n) is 2.28. The molecule has 4 nitrogen and oxygen atoms in total. The van der Waals surface area contributed by atoms with Gasteiger partial charge in [-0.05, 0) is 49.7 Å². The molecule has 0 saturated carbocycles. The number of carbonyl (C=O) groups is 1. The Bertz CT molecular complexity index is 764. The van der Waals surface area contributed by atoms with Gasteiger partial charge < -0.3 is 15.8 Å². The highest BCUT2D eigenvalue weighted by molar-refractivity contribution is 5.94. The number of alkyl halides is 3. The summed E-state index contributed by atoms with van der Waals surface area (Å²) in [6, 6.07) is 9.92. The van der Waals surface area contributed by atoms with Gasteiger partial charge in [0.15, 0.2) is 0 Å². The standard InChI is InChI=1S/C18H19F3N2O2.ClH/c1-11(2)25-15-7-6-13(16(9-15)18(19,20)21)10-23-17(24)12-4-3-5-14(22)8-12;/h3-9,11H,10,22H2,1-2H3,(H,23,24);1H. The first-order chi connectivity index (χ1) is 11.7. The van der Waals surface area contributed by atoms with Crippen LogP contribution in [0, 0.1) is 0 Å². The van der Waals surface area contributed by atoms with Crippen LogP contribution in [-0.4, -0.2) is 12.0 Å². The number of benzene rings is 2. The van der Waals surface area contributed by atoms with Crippen molar-refractivity contribution < 1.29 is 22.7 Å². The van der Waals surface area contributed by atoms with Crippen molar-refractivity contribution in [3.63, 3.8) is 0 Å². The van der Waals surface area contributed by atoms with E-state index in [1.54, 1.807) is 26.0 Å². The van der Waals surface area contributed by atoms with Crippen LogP contribution in [0.4, 0.5) is 18.9 Å². The largest absolute Gasteiger partial charge is 0.491 e. The van der Waals surface area contributed by atoms with Crippen molar-refractivity contribution in [3.05, 3.63) is 59.2 Å². The molecule has 0 radical (unpaired) electrons. The van der Waals surface area contributed by atoms with Gasteiger partial charge in [0.05, 0.1) is 11.7 Å². The molecule has 0 fully saturated rings. The van der Waals surface area contributed by atoms with E-state index in [4.69, 9.17) is 10.5 Å². The van der Waals surface area contributed by atoms with Gasteiger partial charge in [-0.25, -0.2) is 0 Å². The molecule has 0 spiro atoms. The van der Waals surface area contributed by atoms with Crippen LogP contribution in [0.3, 0.4) is 0 Å². The first-order valence-corrected chi connectivity index (χ1v) is 7.67. The number of halogens is 4. The van der Waals surface area contributed by atoms with Gasteiger partial charge in [-0.15, -0.1) is 12.4 Å². The summed E-state index contributed by atoms with van der Waals surface area (Å²) in [6.45, 7) is 3.20. The maximum Gasteiger partial charge on any atom is 0.416 e. The van der Waals surface area contributed by atoms with Gasteiger partial charge in [0.2, 0.25) is 0 Å². The molecule has 142 valence electrons. The number of hydrogen-bond donors (Lipinski definition) is 2. The molecule has 0 aliphatic carbocycles. The van der Waals surface area contributed by atoms with Crippen LogP contribution in [0.2, 0.25) is 0 Å². The molecule has 0 heterocycles. The lowest BCUT2D eigenvalue weighted by molar-refractivity contribution is -0.138. The third-order valence-electron chi connectivity index (χ3n) is 3.35. The number of anilines is 1. The molecular weight excluding hydrogens is 369 g/mol. The first-order valence-electron chi connectivity index (χ1n) is 7.67. The van der Waals surface area contributed by atoms with Crippen molar-refractivity contribution in [2.45, 2.75) is 32.7 Å². The average molecular weight is 389 g/mol. The van der Waals surface area contributed by atoms with Crippen molar-refractivity contribution in [2.75, 3.05) is 5.73 Å². The number of hydrogen-bond acceptors (Lipinski definition) is 3. The molecule has 0 atom stereocenters. The molecule has 0 aromatic heterocycles. The summed E-state index contributed by atoms with van der Waals surface area (Å²) in [7, 11) is 0. The third-order valence-corrected chi connectivity index (χ3v) is 3.35. The van der Waals surface area contributed by atoms with Crippen LogP contribution in [0.5, 0.6) is 5.75 Å². The summed E-state index contributed by atoms with van der Waals surface area (Å²) in [5.41, 5.74) is 5.41. The summed E-state index contributed by atoms with van der Waals surface area (Å²) in [4.78, 5) is 12.1. The number of nitrogens with one attached hydrogen (secondary N) is 1. The quantitative estimate of drug-likeness (QED) is 0.745. The Morgan fingerprint density at radius 1 is 1.19 bits per heavy atom. The molecule has 3 N–H and O–H groups in total. The maximum absolute atomic E-state index is 13.3. The smallest absolute Gasteiger partial charge is 0.416 e. The fourth-order valence-corrected chi connectivity index (χ4v) is 2.28. The molecule has 2 aromatic rings. The van der Waals surface area contributed by atoms with Gasteiger partial charge in [-0.1, -0.05) is 12.1 Å². The van der Waals surface area contributed by atoms with Gasteiger partial charge in [0.25, 0.3) is 5.91 Å². The van der Waals surface area contributed by atoms with Crippen molar-refractivity contribution in [1.82, 2.24) is 5.32 Å². The van der Waals surface area contributed by atoms with Crippen molar-refractivity contribution >= 4 is 24.0 Å². The number of nitrogens with two attached hydrogens (primary N) is 1. The minimum Gasteiger partial charge on any atom is -0.491 e. The second-order valence-electron chi connectivity index (χ2n) is 5.79. The van der Waals surface area contributed by atoms with Crippen LogP contribution in [0.15, 0.2) is 42.5 Å². The van der Waals surface area contributed by atoms with E-state index >= 15 is 0 Å². The number of rotatable bonds is 5. The number of nitrogen functional groups attached to an aromatic ring is 1. The van der Waals surface area contributed by atoms with E-state index in [1.165, 1.54) is 24.3 Å². The van der Waals surface area contributed by atoms with E-state index in [2.05, 4.69) is 5.32 Å². The Balaban J connectivity index is 0.00000338. The molecular formula is C18H20ClF3N2O2. The Hall–Kier alpha value is -2.41. The van der Waals surface area contributed by atoms with Crippen molar-refractivity contribution in [2.24, 2.45) is 0 Å². The Kier molecular flexibility index (Phi) is 7.32. The highest BCUT2D eigenvalue weighted by atomic mass is 35.5. The minimum atomic E-state index is -4.55. The highest BCUT2D eigenvalue weighted by Gasteiger charge is 2.34. The van der Waals surface area contributed by atoms with Gasteiger partial charge in [0, 0.05) is 17.8 Å². The van der Waals surface area contributed by atoms with Gasteiger partial charge >= 0.3 is 6.18 Å². The topological polar surface area (TPSA) is 64.3 Å². The van der Waals surface area contributed by atoms with E-state index in [0.717, 1.165) is 6.07 Å². The summed E-state index contributed by atoms with van der Waals surface area (Å²) in [5.74, 6) is -0.365. The van der Waals surface area contributed by atoms with Gasteiger partial charge in [-0.3, -0.25) is 4.79 Å². The lowest BCUT2D eigenvalue weighted by Gasteiger charge is -2.17. The average Bonchev–Trinajstić information content (AvgIpc) is 2.51. The molecule has 0 unspecified atom stereocenters. The molecule has 1 amide bonds. The first kappa shape index (κ1) is 21.6. The zero-order chi connectivity index (χ0) is 18.6. The van der Waals surface area contributed by atoms with E-state index in [1.807, 2.05) is 0 Å². The monoisotopic (exact) mass is 388 g/mol. The molecule has 0 aliphatic heterocycles. The lowest BCUT2D eigenvalue weighted by Crippen LogP contribution is -2.24. The lowest BCUT2D eigenvalue weighted by atomic mass is 10.1. The number of ether oxygens (including phenoxy) is 1. The summed E-state index contributed by atoms with van der Waals surface area (Å²) < 4.78 is 45.2. The molecule has 2 aromatic carbocycles. The predicted molar refractivity (Wildman–Crippen MR) is 96.5 cm³/mol. The minimum absolute atomic E-state index is 0. The SMILES string of the molecule is CC(C)Oc1ccc(CNC(=O)c2cccc(N)c2)c(C(F)(F)F)c1.Cl. The predicted octanol–water partition coefficient (Wildman–Crippen LogP) is 4.43. The van der Waals surface area contributed by atoms with E-state index in [9.17, 15) is 18.0 Å². The zero-order valence-electron chi connectivity index (χ0n) is 14.3. The Morgan fingerprint density at radius 3 is 2.46 bits per heavy atom. The van der Waals surface area contributed by atoms with Crippen LogP contribution < -0.4 is 15.8 Å². The van der Waals surface area contributed by atoms with E-state index in [-0.39, 0.29) is 41.9 Å². The normalized spacial score (nSPS) is 11.0. The van der Waals surface area contributed by atoms with Crippen molar-refractivity contribution in [3.8, 4) is 5.75 Å². The molecule has 0 bridgehead atoms. The molecule has 2 rings (SSSR count). The molecule has 8 heteroatoms. The molecule has 0 saturated heterocycles. The summed E-state index contributed by atoms with van der Waals surface area (Å²) in [5, 5.41) is 2.48. The van der Waals surface area contributed by atoms with Gasteiger partial charge in [0.1, 0.15) is 5.75 Å². The van der Waals surface area contributed by atoms with Crippen molar-refractivity contribution in [1.29, 1.82) is 0 Å². The Morgan fingerprint density at radius 2 is 1.88 bits per heavy atom. The van der Waals surface area contributed by atoms with Crippen LogP contribution in [0.25, 0.3) is 0 Å². The van der Waals surface area contributed by atoms with E-state index in [0.29, 0.717) is 5.69 Å². The van der Waals surface area contributed by atoms with E-state index < -0.39 is 17.6 Å². The van der Waals surface area contributed by atoms with Gasteiger partial charge in [-0.2, -0.15) is 13.2 Å². The maximum atomic E-state index is 13.3.